The molecule has 0 spiro atoms. The SMILES string of the molecule is Cc1ccc2cc(CN(Cc3ccccc3)C(=O)c3cccs3)c(=O)[nH]c2c1. The van der Waals surface area contributed by atoms with E-state index in [-0.39, 0.29) is 18.0 Å². The van der Waals surface area contributed by atoms with Crippen molar-refractivity contribution in [2.24, 2.45) is 0 Å². The summed E-state index contributed by atoms with van der Waals surface area (Å²) in [6, 6.07) is 21.4. The molecule has 140 valence electrons. The van der Waals surface area contributed by atoms with E-state index in [0.717, 1.165) is 22.0 Å². The minimum Gasteiger partial charge on any atom is -0.329 e. The molecule has 2 aromatic heterocycles. The van der Waals surface area contributed by atoms with Gasteiger partial charge in [-0.1, -0.05) is 48.5 Å². The highest BCUT2D eigenvalue weighted by Gasteiger charge is 2.19. The van der Waals surface area contributed by atoms with Crippen LogP contribution in [0.3, 0.4) is 0 Å². The third kappa shape index (κ3) is 3.89. The average Bonchev–Trinajstić information content (AvgIpc) is 3.23. The number of carbonyl (C=O) groups excluding carboxylic acids is 1. The number of benzene rings is 2. The summed E-state index contributed by atoms with van der Waals surface area (Å²) in [6.45, 7) is 2.70. The second kappa shape index (κ2) is 7.82. The van der Waals surface area contributed by atoms with Gasteiger partial charge in [-0.05, 0) is 47.0 Å². The fourth-order valence-corrected chi connectivity index (χ4v) is 3.93. The number of nitrogens with zero attached hydrogens (tertiary/aromatic N) is 1. The number of H-pyrrole nitrogens is 1. The van der Waals surface area contributed by atoms with E-state index >= 15 is 0 Å². The number of carbonyl (C=O) groups is 1. The Kier molecular flexibility index (Phi) is 5.08. The molecule has 0 fully saturated rings. The summed E-state index contributed by atoms with van der Waals surface area (Å²) in [5, 5.41) is 2.85. The molecule has 0 saturated heterocycles. The number of pyridine rings is 1. The molecular weight excluding hydrogens is 368 g/mol. The molecular formula is C23H20N2O2S. The molecule has 28 heavy (non-hydrogen) atoms. The van der Waals surface area contributed by atoms with Crippen LogP contribution in [0.1, 0.15) is 26.4 Å². The number of fused-ring (bicyclic) bond motifs is 1. The number of aromatic nitrogens is 1. The predicted octanol–water partition coefficient (Wildman–Crippen LogP) is 4.74. The number of aryl methyl sites for hydroxylation is 1. The van der Waals surface area contributed by atoms with Gasteiger partial charge >= 0.3 is 0 Å². The summed E-state index contributed by atoms with van der Waals surface area (Å²) in [5.41, 5.74) is 3.36. The van der Waals surface area contributed by atoms with Crippen molar-refractivity contribution in [1.29, 1.82) is 0 Å². The Hall–Kier alpha value is -3.18. The predicted molar refractivity (Wildman–Crippen MR) is 114 cm³/mol. The van der Waals surface area contributed by atoms with Crippen molar-refractivity contribution in [2.45, 2.75) is 20.0 Å². The van der Waals surface area contributed by atoms with Crippen LogP contribution in [-0.4, -0.2) is 15.8 Å². The molecule has 2 heterocycles. The summed E-state index contributed by atoms with van der Waals surface area (Å²) in [4.78, 5) is 31.1. The molecule has 4 rings (SSSR count). The van der Waals surface area contributed by atoms with E-state index in [1.54, 1.807) is 4.90 Å². The molecule has 0 aliphatic rings. The molecule has 5 heteroatoms. The summed E-state index contributed by atoms with van der Waals surface area (Å²) in [5.74, 6) is -0.0674. The smallest absolute Gasteiger partial charge is 0.264 e. The maximum atomic E-state index is 13.1. The second-order valence-electron chi connectivity index (χ2n) is 6.84. The van der Waals surface area contributed by atoms with Gasteiger partial charge in [-0.15, -0.1) is 11.3 Å². The van der Waals surface area contributed by atoms with E-state index in [0.29, 0.717) is 17.0 Å². The van der Waals surface area contributed by atoms with Crippen LogP contribution < -0.4 is 5.56 Å². The highest BCUT2D eigenvalue weighted by atomic mass is 32.1. The minimum atomic E-state index is -0.157. The Labute approximate surface area is 167 Å². The van der Waals surface area contributed by atoms with Crippen LogP contribution in [0.15, 0.2) is 76.9 Å². The molecule has 1 N–H and O–H groups in total. The molecule has 4 aromatic rings. The molecule has 0 unspecified atom stereocenters. The van der Waals surface area contributed by atoms with Crippen molar-refractivity contribution in [1.82, 2.24) is 9.88 Å². The highest BCUT2D eigenvalue weighted by Crippen LogP contribution is 2.18. The third-order valence-electron chi connectivity index (χ3n) is 4.68. The summed E-state index contributed by atoms with van der Waals surface area (Å²) in [7, 11) is 0. The highest BCUT2D eigenvalue weighted by molar-refractivity contribution is 7.12. The van der Waals surface area contributed by atoms with Gasteiger partial charge in [0.25, 0.3) is 11.5 Å². The maximum absolute atomic E-state index is 13.1. The van der Waals surface area contributed by atoms with Gasteiger partial charge in [0, 0.05) is 17.6 Å². The first kappa shape index (κ1) is 18.2. The monoisotopic (exact) mass is 388 g/mol. The number of amides is 1. The Balaban J connectivity index is 1.69. The first-order valence-corrected chi connectivity index (χ1v) is 9.97. The summed E-state index contributed by atoms with van der Waals surface area (Å²) in [6.07, 6.45) is 0. The lowest BCUT2D eigenvalue weighted by molar-refractivity contribution is 0.0734. The van der Waals surface area contributed by atoms with E-state index in [2.05, 4.69) is 4.98 Å². The van der Waals surface area contributed by atoms with E-state index < -0.39 is 0 Å². The minimum absolute atomic E-state index is 0.0674. The Morgan fingerprint density at radius 1 is 1.00 bits per heavy atom. The number of rotatable bonds is 5. The molecule has 0 atom stereocenters. The van der Waals surface area contributed by atoms with Crippen molar-refractivity contribution >= 4 is 28.1 Å². The molecule has 0 aliphatic heterocycles. The third-order valence-corrected chi connectivity index (χ3v) is 5.53. The van der Waals surface area contributed by atoms with Crippen molar-refractivity contribution in [3.8, 4) is 0 Å². The lowest BCUT2D eigenvalue weighted by Gasteiger charge is -2.22. The standard InChI is InChI=1S/C23H20N2O2S/c1-16-9-10-18-13-19(22(26)24-20(18)12-16)15-25(14-17-6-3-2-4-7-17)23(27)21-8-5-11-28-21/h2-13H,14-15H2,1H3,(H,24,26). The zero-order chi connectivity index (χ0) is 19.5. The normalized spacial score (nSPS) is 10.9. The molecule has 0 aliphatic carbocycles. The van der Waals surface area contributed by atoms with Gasteiger partial charge in [-0.2, -0.15) is 0 Å². The first-order valence-electron chi connectivity index (χ1n) is 9.09. The van der Waals surface area contributed by atoms with Gasteiger partial charge in [0.1, 0.15) is 0 Å². The zero-order valence-corrected chi connectivity index (χ0v) is 16.3. The van der Waals surface area contributed by atoms with Crippen LogP contribution in [0.25, 0.3) is 10.9 Å². The van der Waals surface area contributed by atoms with Crippen LogP contribution in [0.5, 0.6) is 0 Å². The lowest BCUT2D eigenvalue weighted by atomic mass is 10.1. The Bertz CT molecular complexity index is 1160. The van der Waals surface area contributed by atoms with Crippen LogP contribution in [0, 0.1) is 6.92 Å². The summed E-state index contributed by atoms with van der Waals surface area (Å²) < 4.78 is 0. The van der Waals surface area contributed by atoms with Gasteiger partial charge in [0.15, 0.2) is 0 Å². The Morgan fingerprint density at radius 3 is 2.57 bits per heavy atom. The number of aromatic amines is 1. The Morgan fingerprint density at radius 2 is 1.82 bits per heavy atom. The van der Waals surface area contributed by atoms with E-state index in [4.69, 9.17) is 0 Å². The van der Waals surface area contributed by atoms with E-state index in [1.165, 1.54) is 11.3 Å². The zero-order valence-electron chi connectivity index (χ0n) is 15.5. The van der Waals surface area contributed by atoms with Crippen LogP contribution >= 0.6 is 11.3 Å². The number of thiophene rings is 1. The number of hydrogen-bond donors (Lipinski definition) is 1. The van der Waals surface area contributed by atoms with Gasteiger partial charge in [-0.3, -0.25) is 9.59 Å². The largest absolute Gasteiger partial charge is 0.329 e. The number of hydrogen-bond acceptors (Lipinski definition) is 3. The quantitative estimate of drug-likeness (QED) is 0.537. The molecule has 1 amide bonds. The van der Waals surface area contributed by atoms with Gasteiger partial charge in [0.2, 0.25) is 0 Å². The average molecular weight is 388 g/mol. The first-order chi connectivity index (χ1) is 13.6. The van der Waals surface area contributed by atoms with Crippen LogP contribution in [0.2, 0.25) is 0 Å². The van der Waals surface area contributed by atoms with Crippen molar-refractivity contribution < 1.29 is 4.79 Å². The lowest BCUT2D eigenvalue weighted by Crippen LogP contribution is -2.32. The fraction of sp³-hybridized carbons (Fsp3) is 0.130. The molecule has 0 saturated carbocycles. The summed E-state index contributed by atoms with van der Waals surface area (Å²) >= 11 is 1.41. The van der Waals surface area contributed by atoms with Crippen molar-refractivity contribution in [3.63, 3.8) is 0 Å². The number of nitrogens with one attached hydrogen (secondary N) is 1. The van der Waals surface area contributed by atoms with Crippen molar-refractivity contribution in [3.05, 3.63) is 104 Å². The molecule has 0 bridgehead atoms. The van der Waals surface area contributed by atoms with E-state index in [1.807, 2.05) is 79.0 Å². The van der Waals surface area contributed by atoms with Crippen molar-refractivity contribution in [2.75, 3.05) is 0 Å². The van der Waals surface area contributed by atoms with Crippen LogP contribution in [0.4, 0.5) is 0 Å². The second-order valence-corrected chi connectivity index (χ2v) is 7.79. The molecule has 2 aromatic carbocycles. The van der Waals surface area contributed by atoms with Gasteiger partial charge in [-0.25, -0.2) is 0 Å². The topological polar surface area (TPSA) is 53.2 Å². The van der Waals surface area contributed by atoms with Gasteiger partial charge in [0.05, 0.1) is 11.4 Å². The molecule has 4 nitrogen and oxygen atoms in total. The fourth-order valence-electron chi connectivity index (χ4n) is 3.24. The maximum Gasteiger partial charge on any atom is 0.264 e. The molecule has 0 radical (unpaired) electrons. The van der Waals surface area contributed by atoms with Crippen LogP contribution in [-0.2, 0) is 13.1 Å². The van der Waals surface area contributed by atoms with Gasteiger partial charge < -0.3 is 9.88 Å². The van der Waals surface area contributed by atoms with E-state index in [9.17, 15) is 9.59 Å².